The maximum atomic E-state index is 12.8. The third kappa shape index (κ3) is 3.85. The van der Waals surface area contributed by atoms with Crippen molar-refractivity contribution in [1.82, 2.24) is 0 Å². The van der Waals surface area contributed by atoms with Crippen LogP contribution < -0.4 is 0 Å². The SMILES string of the molecule is CO[C@H]1O[C@H](CO[C@H]2O[C@H](CF)[C@@H](O)[C@H](O)[C@H]2O)[C@@H](O)[C@H](O)[C@H]1O. The van der Waals surface area contributed by atoms with Crippen molar-refractivity contribution < 1.29 is 54.0 Å². The molecule has 2 aliphatic rings. The lowest BCUT2D eigenvalue weighted by Gasteiger charge is -2.42. The lowest BCUT2D eigenvalue weighted by Crippen LogP contribution is -2.61. The van der Waals surface area contributed by atoms with Crippen molar-refractivity contribution in [2.24, 2.45) is 0 Å². The molecule has 24 heavy (non-hydrogen) atoms. The van der Waals surface area contributed by atoms with Crippen LogP contribution in [0.5, 0.6) is 0 Å². The molecule has 0 aliphatic carbocycles. The smallest absolute Gasteiger partial charge is 0.186 e. The summed E-state index contributed by atoms with van der Waals surface area (Å²) >= 11 is 0. The van der Waals surface area contributed by atoms with Crippen LogP contribution in [0.2, 0.25) is 0 Å². The van der Waals surface area contributed by atoms with Crippen LogP contribution in [-0.4, -0.2) is 112 Å². The standard InChI is InChI=1S/C13H23FO10/c1-21-12-10(19)9(18)7(16)5(24-12)3-22-13-11(20)8(17)6(15)4(2-14)23-13/h4-13,15-20H,2-3H2,1H3/t4-,5-,6-,7-,8+,9+,10-,11-,12+,13+/m1/s1. The third-order valence-electron chi connectivity index (χ3n) is 4.15. The Morgan fingerprint density at radius 3 is 1.79 bits per heavy atom. The molecule has 0 unspecified atom stereocenters. The zero-order chi connectivity index (χ0) is 18.0. The number of halogens is 1. The van der Waals surface area contributed by atoms with E-state index in [9.17, 15) is 35.0 Å². The molecule has 10 atom stereocenters. The topological polar surface area (TPSA) is 158 Å². The molecule has 2 saturated heterocycles. The highest BCUT2D eigenvalue weighted by Crippen LogP contribution is 2.25. The highest BCUT2D eigenvalue weighted by atomic mass is 19.1. The van der Waals surface area contributed by atoms with Crippen LogP contribution in [-0.2, 0) is 18.9 Å². The van der Waals surface area contributed by atoms with E-state index in [1.807, 2.05) is 0 Å². The van der Waals surface area contributed by atoms with E-state index in [2.05, 4.69) is 0 Å². The minimum Gasteiger partial charge on any atom is -0.387 e. The van der Waals surface area contributed by atoms with Crippen LogP contribution >= 0.6 is 0 Å². The van der Waals surface area contributed by atoms with Crippen LogP contribution in [0.3, 0.4) is 0 Å². The second-order valence-electron chi connectivity index (χ2n) is 5.75. The molecule has 0 aromatic rings. The number of aliphatic hydroxyl groups excluding tert-OH is 6. The Bertz CT molecular complexity index is 361. The molecule has 10 nitrogen and oxygen atoms in total. The summed E-state index contributed by atoms with van der Waals surface area (Å²) in [5.41, 5.74) is 0. The normalized spacial score (nSPS) is 50.0. The van der Waals surface area contributed by atoms with Crippen molar-refractivity contribution in [2.45, 2.75) is 61.4 Å². The molecule has 0 saturated carbocycles. The first-order valence-corrected chi connectivity index (χ1v) is 7.41. The number of ether oxygens (including phenoxy) is 4. The van der Waals surface area contributed by atoms with Gasteiger partial charge in [-0.2, -0.15) is 0 Å². The molecular formula is C13H23FO10. The van der Waals surface area contributed by atoms with Gasteiger partial charge in [0.05, 0.1) is 6.61 Å². The van der Waals surface area contributed by atoms with E-state index in [1.54, 1.807) is 0 Å². The number of aliphatic hydroxyl groups is 6. The zero-order valence-corrected chi connectivity index (χ0v) is 12.9. The molecule has 11 heteroatoms. The second-order valence-corrected chi connectivity index (χ2v) is 5.75. The van der Waals surface area contributed by atoms with Crippen molar-refractivity contribution in [3.8, 4) is 0 Å². The van der Waals surface area contributed by atoms with Crippen molar-refractivity contribution in [3.05, 3.63) is 0 Å². The van der Waals surface area contributed by atoms with Crippen molar-refractivity contribution >= 4 is 0 Å². The summed E-state index contributed by atoms with van der Waals surface area (Å²) in [6.45, 7) is -1.53. The monoisotopic (exact) mass is 358 g/mol. The van der Waals surface area contributed by atoms with Gasteiger partial charge in [0.2, 0.25) is 0 Å². The fraction of sp³-hybridized carbons (Fsp3) is 1.00. The van der Waals surface area contributed by atoms with Crippen LogP contribution in [0.25, 0.3) is 0 Å². The van der Waals surface area contributed by atoms with Crippen molar-refractivity contribution in [3.63, 3.8) is 0 Å². The molecular weight excluding hydrogens is 335 g/mol. The van der Waals surface area contributed by atoms with Gasteiger partial charge in [0.1, 0.15) is 55.5 Å². The Morgan fingerprint density at radius 2 is 1.25 bits per heavy atom. The highest BCUT2D eigenvalue weighted by molar-refractivity contribution is 4.91. The van der Waals surface area contributed by atoms with E-state index < -0.39 is 74.7 Å². The molecule has 6 N–H and O–H groups in total. The minimum absolute atomic E-state index is 0.422. The second kappa shape index (κ2) is 8.27. The molecule has 0 amide bonds. The average Bonchev–Trinajstić information content (AvgIpc) is 2.58. The van der Waals surface area contributed by atoms with E-state index >= 15 is 0 Å². The first-order valence-electron chi connectivity index (χ1n) is 7.41. The van der Waals surface area contributed by atoms with E-state index in [4.69, 9.17) is 18.9 Å². The predicted molar refractivity (Wildman–Crippen MR) is 72.3 cm³/mol. The van der Waals surface area contributed by atoms with Gasteiger partial charge in [-0.05, 0) is 0 Å². The van der Waals surface area contributed by atoms with Crippen LogP contribution in [0.4, 0.5) is 4.39 Å². The van der Waals surface area contributed by atoms with Gasteiger partial charge in [0.25, 0.3) is 0 Å². The largest absolute Gasteiger partial charge is 0.387 e. The maximum Gasteiger partial charge on any atom is 0.186 e. The molecule has 2 fully saturated rings. The van der Waals surface area contributed by atoms with Crippen LogP contribution in [0, 0.1) is 0 Å². The quantitative estimate of drug-likeness (QED) is 0.288. The Labute approximate surface area is 136 Å². The number of hydrogen-bond acceptors (Lipinski definition) is 10. The number of methoxy groups -OCH3 is 1. The van der Waals surface area contributed by atoms with Crippen LogP contribution in [0.1, 0.15) is 0 Å². The summed E-state index contributed by atoms with van der Waals surface area (Å²) in [5, 5.41) is 58.3. The summed E-state index contributed by atoms with van der Waals surface area (Å²) in [5.74, 6) is 0. The highest BCUT2D eigenvalue weighted by Gasteiger charge is 2.47. The Hall–Kier alpha value is -0.470. The van der Waals surface area contributed by atoms with E-state index in [0.29, 0.717) is 0 Å². The number of hydrogen-bond donors (Lipinski definition) is 6. The number of alkyl halides is 1. The average molecular weight is 358 g/mol. The van der Waals surface area contributed by atoms with E-state index in [0.717, 1.165) is 0 Å². The Morgan fingerprint density at radius 1 is 0.750 bits per heavy atom. The molecule has 142 valence electrons. The molecule has 0 bridgehead atoms. The van der Waals surface area contributed by atoms with Gasteiger partial charge < -0.3 is 49.6 Å². The lowest BCUT2D eigenvalue weighted by atomic mass is 9.98. The van der Waals surface area contributed by atoms with Gasteiger partial charge >= 0.3 is 0 Å². The van der Waals surface area contributed by atoms with Gasteiger partial charge in [0.15, 0.2) is 12.6 Å². The molecule has 2 heterocycles. The van der Waals surface area contributed by atoms with Gasteiger partial charge in [-0.25, -0.2) is 4.39 Å². The van der Waals surface area contributed by atoms with E-state index in [1.165, 1.54) is 7.11 Å². The van der Waals surface area contributed by atoms with Gasteiger partial charge in [-0.15, -0.1) is 0 Å². The molecule has 2 rings (SSSR count). The predicted octanol–water partition coefficient (Wildman–Crippen LogP) is -3.77. The van der Waals surface area contributed by atoms with E-state index in [-0.39, 0.29) is 0 Å². The summed E-state index contributed by atoms with van der Waals surface area (Å²) in [6.07, 6.45) is -14.7. The van der Waals surface area contributed by atoms with Crippen LogP contribution in [0.15, 0.2) is 0 Å². The summed E-state index contributed by atoms with van der Waals surface area (Å²) < 4.78 is 33.0. The third-order valence-corrected chi connectivity index (χ3v) is 4.15. The fourth-order valence-corrected chi connectivity index (χ4v) is 2.62. The summed E-state index contributed by atoms with van der Waals surface area (Å²) in [4.78, 5) is 0. The van der Waals surface area contributed by atoms with Gasteiger partial charge in [-0.3, -0.25) is 0 Å². The lowest BCUT2D eigenvalue weighted by molar-refractivity contribution is -0.327. The minimum atomic E-state index is -1.68. The number of rotatable bonds is 5. The van der Waals surface area contributed by atoms with Gasteiger partial charge in [-0.1, -0.05) is 0 Å². The maximum absolute atomic E-state index is 12.8. The van der Waals surface area contributed by atoms with Crippen molar-refractivity contribution in [2.75, 3.05) is 20.4 Å². The zero-order valence-electron chi connectivity index (χ0n) is 12.9. The molecule has 0 aromatic heterocycles. The van der Waals surface area contributed by atoms with Gasteiger partial charge in [0, 0.05) is 7.11 Å². The molecule has 2 aliphatic heterocycles. The molecule has 0 radical (unpaired) electrons. The Kier molecular flexibility index (Phi) is 6.84. The first kappa shape index (κ1) is 19.8. The first-order chi connectivity index (χ1) is 11.3. The molecule has 0 spiro atoms. The fourth-order valence-electron chi connectivity index (χ4n) is 2.62. The molecule has 0 aromatic carbocycles. The Balaban J connectivity index is 1.96. The van der Waals surface area contributed by atoms with Crippen molar-refractivity contribution in [1.29, 1.82) is 0 Å². The summed E-state index contributed by atoms with van der Waals surface area (Å²) in [6, 6.07) is 0. The summed E-state index contributed by atoms with van der Waals surface area (Å²) in [7, 11) is 1.23.